The Labute approximate surface area is 106 Å². The fraction of sp³-hybridized carbons (Fsp3) is 0.455. The van der Waals surface area contributed by atoms with Crippen LogP contribution < -0.4 is 11.2 Å². The molecule has 2 rings (SSSR count). The Hall–Kier alpha value is -1.92. The molecule has 2 heterocycles. The molecule has 1 aliphatic heterocycles. The smallest absolute Gasteiger partial charge is 0.330 e. The minimum absolute atomic E-state index is 0.114. The van der Waals surface area contributed by atoms with Gasteiger partial charge < -0.3 is 20.1 Å². The summed E-state index contributed by atoms with van der Waals surface area (Å²) in [6.07, 6.45) is 1.14. The fourth-order valence-corrected chi connectivity index (χ4v) is 1.89. The highest BCUT2D eigenvalue weighted by molar-refractivity contribution is 5.26. The largest absolute Gasteiger partial charge is 0.394 e. The van der Waals surface area contributed by atoms with Gasteiger partial charge >= 0.3 is 5.69 Å². The van der Waals surface area contributed by atoms with Crippen molar-refractivity contribution in [2.45, 2.75) is 24.5 Å². The molecule has 0 aliphatic carbocycles. The number of ether oxygens (including phenoxy) is 1. The Morgan fingerprint density at radius 2 is 2.11 bits per heavy atom. The molecule has 8 heteroatoms. The first-order valence-corrected chi connectivity index (χ1v) is 5.44. The molecule has 0 spiro atoms. The van der Waals surface area contributed by atoms with Gasteiger partial charge in [-0.2, -0.15) is 0 Å². The Bertz CT molecular complexity index is 627. The molecule has 1 aliphatic rings. The number of hydrogen-bond acceptors (Lipinski definition) is 6. The number of aromatic nitrogens is 2. The lowest BCUT2D eigenvalue weighted by Gasteiger charge is -2.17. The standard InChI is InChI=1S/C11H12N2O6/c1-2-5-3-13(11(18)12-9(5)17)10-8(16)7(15)6(4-14)19-10/h1,3,6-8,10,14-16H,4H2,(H,12,17,18)/t6-,7?,8?,10-/m0/s1. The molecular formula is C11H12N2O6. The van der Waals surface area contributed by atoms with E-state index in [-0.39, 0.29) is 5.56 Å². The zero-order valence-electron chi connectivity index (χ0n) is 9.68. The summed E-state index contributed by atoms with van der Waals surface area (Å²) in [6, 6.07) is 0. The molecule has 1 fully saturated rings. The summed E-state index contributed by atoms with van der Waals surface area (Å²) < 4.78 is 6.04. The number of nitrogens with zero attached hydrogens (tertiary/aromatic N) is 1. The van der Waals surface area contributed by atoms with Crippen LogP contribution in [0.25, 0.3) is 0 Å². The lowest BCUT2D eigenvalue weighted by atomic mass is 10.1. The highest BCUT2D eigenvalue weighted by Crippen LogP contribution is 2.27. The van der Waals surface area contributed by atoms with Gasteiger partial charge in [0.15, 0.2) is 6.23 Å². The summed E-state index contributed by atoms with van der Waals surface area (Å²) in [5, 5.41) is 28.3. The van der Waals surface area contributed by atoms with Gasteiger partial charge in [-0.05, 0) is 0 Å². The maximum absolute atomic E-state index is 11.6. The molecule has 1 saturated heterocycles. The van der Waals surface area contributed by atoms with E-state index in [1.807, 2.05) is 4.98 Å². The Morgan fingerprint density at radius 1 is 1.42 bits per heavy atom. The summed E-state index contributed by atoms with van der Waals surface area (Å²) in [6.45, 7) is -0.519. The predicted octanol–water partition coefficient (Wildman–Crippen LogP) is -2.87. The topological polar surface area (TPSA) is 125 Å². The number of terminal acetylenes is 1. The molecule has 8 nitrogen and oxygen atoms in total. The molecule has 19 heavy (non-hydrogen) atoms. The van der Waals surface area contributed by atoms with Crippen molar-refractivity contribution >= 4 is 0 Å². The third-order valence-corrected chi connectivity index (χ3v) is 2.91. The van der Waals surface area contributed by atoms with Crippen LogP contribution in [0.4, 0.5) is 0 Å². The first-order valence-electron chi connectivity index (χ1n) is 5.44. The van der Waals surface area contributed by atoms with Crippen LogP contribution in [-0.2, 0) is 4.74 Å². The summed E-state index contributed by atoms with van der Waals surface area (Å²) in [5.74, 6) is 2.09. The monoisotopic (exact) mass is 268 g/mol. The molecule has 0 bridgehead atoms. The molecule has 0 radical (unpaired) electrons. The summed E-state index contributed by atoms with van der Waals surface area (Å²) in [4.78, 5) is 24.9. The molecule has 102 valence electrons. The van der Waals surface area contributed by atoms with Crippen molar-refractivity contribution in [3.8, 4) is 12.3 Å². The van der Waals surface area contributed by atoms with Crippen molar-refractivity contribution in [1.82, 2.24) is 9.55 Å². The van der Waals surface area contributed by atoms with Gasteiger partial charge in [0.05, 0.1) is 6.61 Å². The van der Waals surface area contributed by atoms with Crippen LogP contribution in [0.5, 0.6) is 0 Å². The van der Waals surface area contributed by atoms with Crippen LogP contribution in [-0.4, -0.2) is 49.8 Å². The number of aromatic amines is 1. The molecular weight excluding hydrogens is 256 g/mol. The molecule has 0 saturated carbocycles. The Balaban J connectivity index is 2.46. The highest BCUT2D eigenvalue weighted by Gasteiger charge is 2.43. The van der Waals surface area contributed by atoms with Gasteiger partial charge in [0.25, 0.3) is 5.56 Å². The van der Waals surface area contributed by atoms with Crippen LogP contribution in [0.1, 0.15) is 11.8 Å². The zero-order chi connectivity index (χ0) is 14.2. The normalized spacial score (nSPS) is 30.2. The first-order chi connectivity index (χ1) is 8.99. The van der Waals surface area contributed by atoms with E-state index in [2.05, 4.69) is 5.92 Å². The van der Waals surface area contributed by atoms with Gasteiger partial charge in [0.1, 0.15) is 23.9 Å². The second kappa shape index (κ2) is 4.99. The Kier molecular flexibility index (Phi) is 3.55. The lowest BCUT2D eigenvalue weighted by molar-refractivity contribution is -0.0550. The van der Waals surface area contributed by atoms with Crippen LogP contribution in [0.3, 0.4) is 0 Å². The van der Waals surface area contributed by atoms with Crippen molar-refractivity contribution in [2.75, 3.05) is 6.61 Å². The third kappa shape index (κ3) is 2.20. The van der Waals surface area contributed by atoms with Gasteiger partial charge in [0.2, 0.25) is 0 Å². The average molecular weight is 268 g/mol. The number of H-pyrrole nitrogens is 1. The Morgan fingerprint density at radius 3 is 2.63 bits per heavy atom. The summed E-state index contributed by atoms with van der Waals surface area (Å²) in [5.41, 5.74) is -1.67. The van der Waals surface area contributed by atoms with Gasteiger partial charge in [-0.1, -0.05) is 5.92 Å². The fourth-order valence-electron chi connectivity index (χ4n) is 1.89. The van der Waals surface area contributed by atoms with E-state index in [0.29, 0.717) is 0 Å². The third-order valence-electron chi connectivity index (χ3n) is 2.91. The number of nitrogens with one attached hydrogen (secondary N) is 1. The van der Waals surface area contributed by atoms with Crippen LogP contribution >= 0.6 is 0 Å². The van der Waals surface area contributed by atoms with Gasteiger partial charge in [-0.3, -0.25) is 14.3 Å². The molecule has 0 aromatic carbocycles. The average Bonchev–Trinajstić information content (AvgIpc) is 2.67. The quantitative estimate of drug-likeness (QED) is 0.427. The van der Waals surface area contributed by atoms with E-state index in [1.165, 1.54) is 0 Å². The van der Waals surface area contributed by atoms with Crippen molar-refractivity contribution < 1.29 is 20.1 Å². The van der Waals surface area contributed by atoms with Crippen molar-refractivity contribution in [1.29, 1.82) is 0 Å². The van der Waals surface area contributed by atoms with E-state index in [4.69, 9.17) is 16.3 Å². The SMILES string of the molecule is C#Cc1cn([C@H]2O[C@@H](CO)C(O)C2O)c(=O)[nH]c1=O. The zero-order valence-corrected chi connectivity index (χ0v) is 9.68. The van der Waals surface area contributed by atoms with Crippen LogP contribution in [0.2, 0.25) is 0 Å². The van der Waals surface area contributed by atoms with E-state index < -0.39 is 42.4 Å². The number of aliphatic hydroxyl groups excluding tert-OH is 3. The first kappa shape index (κ1) is 13.5. The molecule has 4 N–H and O–H groups in total. The van der Waals surface area contributed by atoms with Gasteiger partial charge in [-0.25, -0.2) is 4.79 Å². The van der Waals surface area contributed by atoms with Crippen LogP contribution in [0.15, 0.2) is 15.8 Å². The second-order valence-electron chi connectivity index (χ2n) is 4.08. The number of aliphatic hydroxyl groups is 3. The van der Waals surface area contributed by atoms with E-state index in [9.17, 15) is 19.8 Å². The van der Waals surface area contributed by atoms with E-state index >= 15 is 0 Å². The second-order valence-corrected chi connectivity index (χ2v) is 4.08. The highest BCUT2D eigenvalue weighted by atomic mass is 16.6. The van der Waals surface area contributed by atoms with Crippen molar-refractivity contribution in [3.63, 3.8) is 0 Å². The van der Waals surface area contributed by atoms with Crippen LogP contribution in [0, 0.1) is 12.3 Å². The summed E-state index contributed by atoms with van der Waals surface area (Å²) >= 11 is 0. The van der Waals surface area contributed by atoms with Gasteiger partial charge in [-0.15, -0.1) is 6.42 Å². The molecule has 4 atom stereocenters. The minimum Gasteiger partial charge on any atom is -0.394 e. The van der Waals surface area contributed by atoms with E-state index in [1.54, 1.807) is 0 Å². The molecule has 1 aromatic heterocycles. The maximum Gasteiger partial charge on any atom is 0.330 e. The molecule has 1 aromatic rings. The number of rotatable bonds is 2. The van der Waals surface area contributed by atoms with E-state index in [0.717, 1.165) is 10.8 Å². The lowest BCUT2D eigenvalue weighted by Crippen LogP contribution is -2.38. The minimum atomic E-state index is -1.42. The molecule has 0 amide bonds. The number of hydrogen-bond donors (Lipinski definition) is 4. The maximum atomic E-state index is 11.6. The van der Waals surface area contributed by atoms with Gasteiger partial charge in [0, 0.05) is 6.20 Å². The summed E-state index contributed by atoms with van der Waals surface area (Å²) in [7, 11) is 0. The predicted molar refractivity (Wildman–Crippen MR) is 62.3 cm³/mol. The molecule has 2 unspecified atom stereocenters. The van der Waals surface area contributed by atoms with Crippen molar-refractivity contribution in [2.24, 2.45) is 0 Å². The van der Waals surface area contributed by atoms with Crippen molar-refractivity contribution in [3.05, 3.63) is 32.6 Å².